The van der Waals surface area contributed by atoms with Crippen LogP contribution >= 0.6 is 10.7 Å². The molecule has 0 bridgehead atoms. The number of ether oxygens (including phenoxy) is 2. The fourth-order valence-electron chi connectivity index (χ4n) is 1.96. The first-order valence-corrected chi connectivity index (χ1v) is 8.38. The van der Waals surface area contributed by atoms with Gasteiger partial charge in [-0.3, -0.25) is 0 Å². The molecule has 8 heteroatoms. The molecule has 0 saturated carbocycles. The van der Waals surface area contributed by atoms with Gasteiger partial charge in [0, 0.05) is 29.6 Å². The molecule has 0 fully saturated rings. The molecular formula is C12H13ClF2O4S. The van der Waals surface area contributed by atoms with E-state index < -0.39 is 26.3 Å². The minimum Gasteiger partial charge on any atom is -0.490 e. The van der Waals surface area contributed by atoms with Gasteiger partial charge in [-0.25, -0.2) is 17.2 Å². The highest BCUT2D eigenvalue weighted by Crippen LogP contribution is 2.40. The number of hydrogen-bond donors (Lipinski definition) is 0. The normalized spacial score (nSPS) is 15.8. The van der Waals surface area contributed by atoms with Crippen LogP contribution in [0.3, 0.4) is 0 Å². The van der Waals surface area contributed by atoms with E-state index in [9.17, 15) is 17.2 Å². The zero-order chi connectivity index (χ0) is 15.0. The molecule has 20 heavy (non-hydrogen) atoms. The Morgan fingerprint density at radius 1 is 1.25 bits per heavy atom. The molecule has 0 saturated heterocycles. The van der Waals surface area contributed by atoms with Crippen molar-refractivity contribution in [2.45, 2.75) is 25.0 Å². The molecule has 1 aromatic carbocycles. The van der Waals surface area contributed by atoms with Crippen molar-refractivity contribution in [1.29, 1.82) is 0 Å². The fourth-order valence-corrected chi connectivity index (χ4v) is 2.93. The van der Waals surface area contributed by atoms with Gasteiger partial charge < -0.3 is 9.47 Å². The summed E-state index contributed by atoms with van der Waals surface area (Å²) in [5.74, 6) is -3.45. The SMILES string of the molecule is CC(F)(F)c1cc2c(cc1CS(=O)(=O)Cl)OCCCO2. The lowest BCUT2D eigenvalue weighted by molar-refractivity contribution is 0.0165. The van der Waals surface area contributed by atoms with Crippen LogP contribution in [0.25, 0.3) is 0 Å². The maximum absolute atomic E-state index is 13.6. The van der Waals surface area contributed by atoms with Crippen LogP contribution in [0.1, 0.15) is 24.5 Å². The highest BCUT2D eigenvalue weighted by atomic mass is 35.7. The Kier molecular flexibility index (Phi) is 4.11. The Bertz CT molecular complexity index is 611. The molecule has 1 aliphatic heterocycles. The van der Waals surface area contributed by atoms with Crippen molar-refractivity contribution >= 4 is 19.7 Å². The topological polar surface area (TPSA) is 52.6 Å². The van der Waals surface area contributed by atoms with Crippen LogP contribution in [-0.2, 0) is 20.7 Å². The van der Waals surface area contributed by atoms with Gasteiger partial charge in [-0.15, -0.1) is 0 Å². The highest BCUT2D eigenvalue weighted by molar-refractivity contribution is 8.13. The number of alkyl halides is 2. The minimum atomic E-state index is -3.95. The number of fused-ring (bicyclic) bond motifs is 1. The molecule has 0 aliphatic carbocycles. The van der Waals surface area contributed by atoms with Crippen LogP contribution in [0, 0.1) is 0 Å². The maximum Gasteiger partial charge on any atom is 0.270 e. The number of benzene rings is 1. The molecule has 4 nitrogen and oxygen atoms in total. The maximum atomic E-state index is 13.6. The van der Waals surface area contributed by atoms with E-state index in [1.165, 1.54) is 6.07 Å². The Morgan fingerprint density at radius 3 is 2.30 bits per heavy atom. The molecular weight excluding hydrogens is 314 g/mol. The summed E-state index contributed by atoms with van der Waals surface area (Å²) in [6, 6.07) is 2.38. The first-order chi connectivity index (χ1) is 9.17. The van der Waals surface area contributed by atoms with Gasteiger partial charge in [-0.2, -0.15) is 0 Å². The van der Waals surface area contributed by atoms with Gasteiger partial charge in [0.25, 0.3) is 5.92 Å². The van der Waals surface area contributed by atoms with Crippen LogP contribution in [0.4, 0.5) is 8.78 Å². The molecule has 1 aliphatic rings. The molecule has 0 amide bonds. The quantitative estimate of drug-likeness (QED) is 0.801. The van der Waals surface area contributed by atoms with Crippen molar-refractivity contribution in [2.24, 2.45) is 0 Å². The molecule has 1 heterocycles. The second-order valence-electron chi connectivity index (χ2n) is 4.58. The van der Waals surface area contributed by atoms with E-state index >= 15 is 0 Å². The van der Waals surface area contributed by atoms with Crippen molar-refractivity contribution < 1.29 is 26.7 Å². The summed E-state index contributed by atoms with van der Waals surface area (Å²) in [5, 5.41) is 0. The summed E-state index contributed by atoms with van der Waals surface area (Å²) in [5.41, 5.74) is -0.511. The van der Waals surface area contributed by atoms with Crippen molar-refractivity contribution in [1.82, 2.24) is 0 Å². The zero-order valence-corrected chi connectivity index (χ0v) is 12.2. The Morgan fingerprint density at radius 2 is 1.80 bits per heavy atom. The van der Waals surface area contributed by atoms with Gasteiger partial charge in [0.1, 0.15) is 0 Å². The average molecular weight is 327 g/mol. The van der Waals surface area contributed by atoms with Gasteiger partial charge in [-0.1, -0.05) is 0 Å². The summed E-state index contributed by atoms with van der Waals surface area (Å²) in [6.45, 7) is 1.42. The first-order valence-electron chi connectivity index (χ1n) is 5.90. The van der Waals surface area contributed by atoms with Crippen molar-refractivity contribution in [3.05, 3.63) is 23.3 Å². The molecule has 2 rings (SSSR count). The van der Waals surface area contributed by atoms with Crippen LogP contribution in [0.5, 0.6) is 11.5 Å². The summed E-state index contributed by atoms with van der Waals surface area (Å²) < 4.78 is 60.3. The largest absolute Gasteiger partial charge is 0.490 e. The summed E-state index contributed by atoms with van der Waals surface area (Å²) >= 11 is 0. The van der Waals surface area contributed by atoms with Crippen molar-refractivity contribution in [3.63, 3.8) is 0 Å². The molecule has 0 unspecified atom stereocenters. The molecule has 0 aromatic heterocycles. The van der Waals surface area contributed by atoms with Gasteiger partial charge in [0.05, 0.1) is 19.0 Å². The Balaban J connectivity index is 2.55. The summed E-state index contributed by atoms with van der Waals surface area (Å²) in [7, 11) is 1.21. The Hall–Kier alpha value is -1.08. The van der Waals surface area contributed by atoms with Crippen molar-refractivity contribution in [3.8, 4) is 11.5 Å². The number of hydrogen-bond acceptors (Lipinski definition) is 4. The van der Waals surface area contributed by atoms with Gasteiger partial charge in [0.2, 0.25) is 9.05 Å². The lowest BCUT2D eigenvalue weighted by atomic mass is 10.0. The Labute approximate surface area is 120 Å². The second-order valence-corrected chi connectivity index (χ2v) is 7.36. The molecule has 112 valence electrons. The lowest BCUT2D eigenvalue weighted by Gasteiger charge is -2.18. The zero-order valence-electron chi connectivity index (χ0n) is 10.7. The van der Waals surface area contributed by atoms with Crippen LogP contribution in [-0.4, -0.2) is 21.6 Å². The third-order valence-corrected chi connectivity index (χ3v) is 3.76. The fraction of sp³-hybridized carbons (Fsp3) is 0.500. The third-order valence-electron chi connectivity index (χ3n) is 2.77. The number of rotatable bonds is 3. The molecule has 0 spiro atoms. The molecule has 0 N–H and O–H groups in total. The van der Waals surface area contributed by atoms with E-state index in [2.05, 4.69) is 0 Å². The third kappa shape index (κ3) is 3.73. The van der Waals surface area contributed by atoms with Crippen LogP contribution < -0.4 is 9.47 Å². The van der Waals surface area contributed by atoms with Crippen LogP contribution in [0.15, 0.2) is 12.1 Å². The average Bonchev–Trinajstić information content (AvgIpc) is 2.48. The van der Waals surface area contributed by atoms with E-state index in [0.717, 1.165) is 6.07 Å². The molecule has 1 aromatic rings. The van der Waals surface area contributed by atoms with Gasteiger partial charge >= 0.3 is 0 Å². The lowest BCUT2D eigenvalue weighted by Crippen LogP contribution is -2.13. The molecule has 0 atom stereocenters. The summed E-state index contributed by atoms with van der Waals surface area (Å²) in [4.78, 5) is 0. The smallest absolute Gasteiger partial charge is 0.270 e. The van der Waals surface area contributed by atoms with Crippen molar-refractivity contribution in [2.75, 3.05) is 13.2 Å². The minimum absolute atomic E-state index is 0.0863. The standard InChI is InChI=1S/C12H13ClF2O4S/c1-12(14,15)9-6-11-10(18-3-2-4-19-11)5-8(9)7-20(13,16)17/h5-6H,2-4,7H2,1H3. The monoisotopic (exact) mass is 326 g/mol. The molecule has 0 radical (unpaired) electrons. The first kappa shape index (κ1) is 15.3. The predicted octanol–water partition coefficient (Wildman–Crippen LogP) is 3.03. The summed E-state index contributed by atoms with van der Waals surface area (Å²) in [6.07, 6.45) is 0.621. The van der Waals surface area contributed by atoms with Crippen LogP contribution in [0.2, 0.25) is 0 Å². The van der Waals surface area contributed by atoms with E-state index in [0.29, 0.717) is 26.6 Å². The number of halogens is 3. The van der Waals surface area contributed by atoms with E-state index in [1.807, 2.05) is 0 Å². The van der Waals surface area contributed by atoms with Gasteiger partial charge in [0.15, 0.2) is 11.5 Å². The highest BCUT2D eigenvalue weighted by Gasteiger charge is 2.31. The van der Waals surface area contributed by atoms with E-state index in [4.69, 9.17) is 20.2 Å². The predicted molar refractivity (Wildman–Crippen MR) is 70.1 cm³/mol. The van der Waals surface area contributed by atoms with Gasteiger partial charge in [-0.05, 0) is 17.7 Å². The second kappa shape index (κ2) is 5.37. The van der Waals surface area contributed by atoms with E-state index in [-0.39, 0.29) is 17.1 Å². The van der Waals surface area contributed by atoms with E-state index in [1.54, 1.807) is 0 Å².